The lowest BCUT2D eigenvalue weighted by atomic mass is 10.3. The number of ether oxygens (including phenoxy) is 1. The van der Waals surface area contributed by atoms with Crippen LogP contribution in [0.25, 0.3) is 0 Å². The van der Waals surface area contributed by atoms with E-state index in [2.05, 4.69) is 10.1 Å². The Bertz CT molecular complexity index is 657. The van der Waals surface area contributed by atoms with Gasteiger partial charge < -0.3 is 19.0 Å². The van der Waals surface area contributed by atoms with E-state index < -0.39 is 5.97 Å². The zero-order chi connectivity index (χ0) is 14.5. The number of rotatable bonds is 5. The van der Waals surface area contributed by atoms with Crippen molar-refractivity contribution >= 4 is 11.7 Å². The predicted molar refractivity (Wildman–Crippen MR) is 73.8 cm³/mol. The molecule has 6 nitrogen and oxygen atoms in total. The van der Waals surface area contributed by atoms with Gasteiger partial charge in [-0.15, -0.1) is 0 Å². The number of aryl methyl sites for hydroxylation is 1. The second kappa shape index (κ2) is 6.10. The number of anilines is 1. The number of hydrogen-bond acceptors (Lipinski definition) is 5. The van der Waals surface area contributed by atoms with Crippen molar-refractivity contribution in [2.75, 3.05) is 12.4 Å². The molecule has 0 atom stereocenters. The van der Waals surface area contributed by atoms with Gasteiger partial charge in [0.05, 0.1) is 19.3 Å². The van der Waals surface area contributed by atoms with Crippen molar-refractivity contribution in [1.29, 1.82) is 0 Å². The molecule has 1 N–H and O–H groups in total. The molecule has 0 aliphatic rings. The van der Waals surface area contributed by atoms with Gasteiger partial charge in [0, 0.05) is 18.8 Å². The van der Waals surface area contributed by atoms with Crippen LogP contribution >= 0.6 is 0 Å². The molecule has 2 rings (SSSR count). The summed E-state index contributed by atoms with van der Waals surface area (Å²) in [4.78, 5) is 22.7. The summed E-state index contributed by atoms with van der Waals surface area (Å²) in [6.07, 6.45) is 1.74. The second-order valence-electron chi connectivity index (χ2n) is 4.15. The fourth-order valence-corrected chi connectivity index (χ4v) is 1.76. The Balaban J connectivity index is 2.03. The molecule has 0 spiro atoms. The molecule has 20 heavy (non-hydrogen) atoms. The minimum Gasteiger partial charge on any atom is -0.463 e. The Labute approximate surface area is 116 Å². The van der Waals surface area contributed by atoms with Crippen LogP contribution in [0.2, 0.25) is 0 Å². The van der Waals surface area contributed by atoms with Gasteiger partial charge in [-0.3, -0.25) is 4.79 Å². The molecule has 2 heterocycles. The van der Waals surface area contributed by atoms with E-state index in [4.69, 9.17) is 4.42 Å². The van der Waals surface area contributed by atoms with E-state index >= 15 is 0 Å². The highest BCUT2D eigenvalue weighted by atomic mass is 16.5. The molecular formula is C14H16N2O4. The second-order valence-corrected chi connectivity index (χ2v) is 4.15. The first-order valence-electron chi connectivity index (χ1n) is 6.25. The van der Waals surface area contributed by atoms with Crippen molar-refractivity contribution in [3.63, 3.8) is 0 Å². The van der Waals surface area contributed by atoms with Gasteiger partial charge in [0.15, 0.2) is 0 Å². The van der Waals surface area contributed by atoms with E-state index in [-0.39, 0.29) is 11.3 Å². The highest BCUT2D eigenvalue weighted by Crippen LogP contribution is 2.11. The maximum absolute atomic E-state index is 11.5. The van der Waals surface area contributed by atoms with Crippen LogP contribution in [0.3, 0.4) is 0 Å². The van der Waals surface area contributed by atoms with Crippen LogP contribution in [-0.4, -0.2) is 17.6 Å². The number of hydrogen-bond donors (Lipinski definition) is 1. The van der Waals surface area contributed by atoms with Crippen LogP contribution in [0, 0.1) is 0 Å². The summed E-state index contributed by atoms with van der Waals surface area (Å²) in [5.74, 6) is 0.276. The van der Waals surface area contributed by atoms with Gasteiger partial charge in [-0.2, -0.15) is 0 Å². The molecule has 106 valence electrons. The Hall–Kier alpha value is -2.50. The lowest BCUT2D eigenvalue weighted by molar-refractivity contribution is 0.0563. The van der Waals surface area contributed by atoms with Crippen molar-refractivity contribution in [2.24, 2.45) is 0 Å². The van der Waals surface area contributed by atoms with E-state index in [1.54, 1.807) is 29.0 Å². The average molecular weight is 276 g/mol. The normalized spacial score (nSPS) is 10.3. The Morgan fingerprint density at radius 2 is 2.15 bits per heavy atom. The summed E-state index contributed by atoms with van der Waals surface area (Å²) >= 11 is 0. The van der Waals surface area contributed by atoms with Crippen molar-refractivity contribution in [2.45, 2.75) is 20.0 Å². The first kappa shape index (κ1) is 13.9. The van der Waals surface area contributed by atoms with Crippen LogP contribution in [0.1, 0.15) is 23.2 Å². The number of aromatic nitrogens is 1. The van der Waals surface area contributed by atoms with Crippen LogP contribution in [0.15, 0.2) is 39.7 Å². The quantitative estimate of drug-likeness (QED) is 0.844. The van der Waals surface area contributed by atoms with Gasteiger partial charge in [0.2, 0.25) is 5.76 Å². The van der Waals surface area contributed by atoms with E-state index in [0.717, 1.165) is 5.69 Å². The molecule has 0 fully saturated rings. The number of pyridine rings is 1. The maximum Gasteiger partial charge on any atom is 0.373 e. The summed E-state index contributed by atoms with van der Waals surface area (Å²) in [7, 11) is 1.30. The molecule has 0 unspecified atom stereocenters. The zero-order valence-electron chi connectivity index (χ0n) is 11.4. The summed E-state index contributed by atoms with van der Waals surface area (Å²) in [6.45, 7) is 2.93. The SMILES string of the molecule is CCn1cc(NCc2ccc(C(=O)OC)o2)ccc1=O. The standard InChI is InChI=1S/C14H16N2O4/c1-3-16-9-10(4-7-13(16)17)15-8-11-5-6-12(20-11)14(18)19-2/h4-7,9,15H,3,8H2,1-2H3. The molecule has 0 radical (unpaired) electrons. The summed E-state index contributed by atoms with van der Waals surface area (Å²) in [5.41, 5.74) is 0.770. The lowest BCUT2D eigenvalue weighted by Crippen LogP contribution is -2.17. The molecular weight excluding hydrogens is 260 g/mol. The van der Waals surface area contributed by atoms with Gasteiger partial charge in [0.1, 0.15) is 5.76 Å². The van der Waals surface area contributed by atoms with Crippen molar-refractivity contribution in [3.05, 3.63) is 52.3 Å². The van der Waals surface area contributed by atoms with E-state index in [0.29, 0.717) is 18.8 Å². The molecule has 0 bridgehead atoms. The fourth-order valence-electron chi connectivity index (χ4n) is 1.76. The number of furan rings is 1. The van der Waals surface area contributed by atoms with E-state index in [1.807, 2.05) is 6.92 Å². The van der Waals surface area contributed by atoms with Crippen LogP contribution in [-0.2, 0) is 17.8 Å². The molecule has 0 aliphatic heterocycles. The summed E-state index contributed by atoms with van der Waals surface area (Å²) in [6, 6.07) is 6.48. The van der Waals surface area contributed by atoms with Crippen LogP contribution < -0.4 is 10.9 Å². The highest BCUT2D eigenvalue weighted by Gasteiger charge is 2.10. The topological polar surface area (TPSA) is 73.5 Å². The molecule has 6 heteroatoms. The third kappa shape index (κ3) is 3.09. The number of nitrogens with one attached hydrogen (secondary N) is 1. The fraction of sp³-hybridized carbons (Fsp3) is 0.286. The first-order chi connectivity index (χ1) is 9.63. The molecule has 0 amide bonds. The van der Waals surface area contributed by atoms with Gasteiger partial charge in [0.25, 0.3) is 5.56 Å². The smallest absolute Gasteiger partial charge is 0.373 e. The summed E-state index contributed by atoms with van der Waals surface area (Å²) < 4.78 is 11.5. The molecule has 2 aromatic rings. The van der Waals surface area contributed by atoms with E-state index in [9.17, 15) is 9.59 Å². The van der Waals surface area contributed by atoms with Gasteiger partial charge >= 0.3 is 5.97 Å². The average Bonchev–Trinajstić information content (AvgIpc) is 2.94. The number of nitrogens with zero attached hydrogens (tertiary/aromatic N) is 1. The van der Waals surface area contributed by atoms with Crippen LogP contribution in [0.4, 0.5) is 5.69 Å². The van der Waals surface area contributed by atoms with Crippen molar-refractivity contribution < 1.29 is 13.9 Å². The Kier molecular flexibility index (Phi) is 4.24. The molecule has 0 saturated carbocycles. The first-order valence-corrected chi connectivity index (χ1v) is 6.25. The zero-order valence-corrected chi connectivity index (χ0v) is 11.4. The third-order valence-electron chi connectivity index (χ3n) is 2.84. The Morgan fingerprint density at radius 3 is 2.85 bits per heavy atom. The number of methoxy groups -OCH3 is 1. The lowest BCUT2D eigenvalue weighted by Gasteiger charge is -2.07. The largest absolute Gasteiger partial charge is 0.463 e. The molecule has 0 aromatic carbocycles. The number of esters is 1. The van der Waals surface area contributed by atoms with Gasteiger partial charge in [-0.25, -0.2) is 4.79 Å². The molecule has 0 aliphatic carbocycles. The monoisotopic (exact) mass is 276 g/mol. The maximum atomic E-state index is 11.5. The van der Waals surface area contributed by atoms with Crippen molar-refractivity contribution in [3.8, 4) is 0 Å². The minimum atomic E-state index is -0.504. The molecule has 0 saturated heterocycles. The van der Waals surface area contributed by atoms with Crippen molar-refractivity contribution in [1.82, 2.24) is 4.57 Å². The summed E-state index contributed by atoms with van der Waals surface area (Å²) in [5, 5.41) is 3.13. The van der Waals surface area contributed by atoms with Gasteiger partial charge in [-0.05, 0) is 25.1 Å². The third-order valence-corrected chi connectivity index (χ3v) is 2.84. The number of carbonyl (C=O) groups is 1. The highest BCUT2D eigenvalue weighted by molar-refractivity contribution is 5.86. The minimum absolute atomic E-state index is 0.0379. The number of carbonyl (C=O) groups excluding carboxylic acids is 1. The Morgan fingerprint density at radius 1 is 1.35 bits per heavy atom. The predicted octanol–water partition coefficient (Wildman–Crippen LogP) is 1.86. The molecule has 2 aromatic heterocycles. The van der Waals surface area contributed by atoms with Gasteiger partial charge in [-0.1, -0.05) is 0 Å². The van der Waals surface area contributed by atoms with E-state index in [1.165, 1.54) is 13.2 Å². The van der Waals surface area contributed by atoms with Crippen LogP contribution in [0.5, 0.6) is 0 Å².